The van der Waals surface area contributed by atoms with Gasteiger partial charge in [-0.2, -0.15) is 0 Å². The lowest BCUT2D eigenvalue weighted by molar-refractivity contribution is 0.00304. The second-order valence-electron chi connectivity index (χ2n) is 4.64. The minimum atomic E-state index is -1.38. The molecule has 0 amide bonds. The molecule has 2 nitrogen and oxygen atoms in total. The average molecular weight is 206 g/mol. The van der Waals surface area contributed by atoms with Crippen LogP contribution in [0, 0.1) is 0 Å². The third kappa shape index (κ3) is 3.86. The van der Waals surface area contributed by atoms with Crippen LogP contribution in [0.15, 0.2) is 30.3 Å². The number of rotatable bonds is 2. The fourth-order valence-electron chi connectivity index (χ4n) is 1.29. The molecule has 0 saturated carbocycles. The molecular weight excluding hydrogens is 188 g/mol. The molecule has 0 bridgehead atoms. The Kier molecular flexibility index (Phi) is 3.66. The minimum absolute atomic E-state index is 0.152. The fraction of sp³-hybridized carbons (Fsp3) is 0.385. The third-order valence-electron chi connectivity index (χ3n) is 2.24. The van der Waals surface area contributed by atoms with E-state index in [4.69, 9.17) is 10.2 Å². The van der Waals surface area contributed by atoms with E-state index in [0.29, 0.717) is 0 Å². The van der Waals surface area contributed by atoms with Gasteiger partial charge < -0.3 is 10.2 Å². The van der Waals surface area contributed by atoms with Crippen molar-refractivity contribution in [2.45, 2.75) is 32.5 Å². The van der Waals surface area contributed by atoms with E-state index in [1.54, 1.807) is 6.08 Å². The second-order valence-corrected chi connectivity index (χ2v) is 4.64. The minimum Gasteiger partial charge on any atom is -0.365 e. The van der Waals surface area contributed by atoms with Gasteiger partial charge in [-0.25, -0.2) is 0 Å². The number of hydrogen-bond acceptors (Lipinski definition) is 2. The largest absolute Gasteiger partial charge is 0.365 e. The number of aliphatic hydroxyl groups is 2. The highest BCUT2D eigenvalue weighted by molar-refractivity contribution is 5.50. The van der Waals surface area contributed by atoms with E-state index in [2.05, 4.69) is 32.9 Å². The summed E-state index contributed by atoms with van der Waals surface area (Å²) in [7, 11) is 0. The van der Waals surface area contributed by atoms with Crippen molar-refractivity contribution in [3.05, 3.63) is 41.5 Å². The maximum absolute atomic E-state index is 8.67. The Labute approximate surface area is 90.9 Å². The molecule has 82 valence electrons. The zero-order chi connectivity index (χ0) is 11.5. The van der Waals surface area contributed by atoms with Crippen LogP contribution in [0.3, 0.4) is 0 Å². The molecule has 0 aliphatic carbocycles. The van der Waals surface area contributed by atoms with Gasteiger partial charge in [-0.1, -0.05) is 51.1 Å². The van der Waals surface area contributed by atoms with Crippen LogP contribution in [0.1, 0.15) is 31.9 Å². The smallest absolute Gasteiger partial charge is 0.171 e. The van der Waals surface area contributed by atoms with Crippen LogP contribution in [-0.4, -0.2) is 16.5 Å². The summed E-state index contributed by atoms with van der Waals surface area (Å²) in [6.45, 7) is 6.49. The van der Waals surface area contributed by atoms with Crippen molar-refractivity contribution in [3.63, 3.8) is 0 Å². The summed E-state index contributed by atoms with van der Waals surface area (Å²) in [5, 5.41) is 17.3. The van der Waals surface area contributed by atoms with E-state index in [9.17, 15) is 0 Å². The molecule has 0 spiro atoms. The third-order valence-corrected chi connectivity index (χ3v) is 2.24. The second kappa shape index (κ2) is 4.60. The summed E-state index contributed by atoms with van der Waals surface area (Å²) in [5.41, 5.74) is 2.39. The zero-order valence-corrected chi connectivity index (χ0v) is 9.44. The van der Waals surface area contributed by atoms with Gasteiger partial charge in [-0.05, 0) is 22.6 Å². The van der Waals surface area contributed by atoms with E-state index < -0.39 is 6.29 Å². The van der Waals surface area contributed by atoms with Gasteiger partial charge in [-0.15, -0.1) is 0 Å². The lowest BCUT2D eigenvalue weighted by Gasteiger charge is -2.18. The van der Waals surface area contributed by atoms with Gasteiger partial charge >= 0.3 is 0 Å². The Morgan fingerprint density at radius 3 is 2.00 bits per heavy atom. The van der Waals surface area contributed by atoms with Crippen LogP contribution in [-0.2, 0) is 5.41 Å². The van der Waals surface area contributed by atoms with Crippen molar-refractivity contribution in [2.75, 3.05) is 0 Å². The molecule has 0 fully saturated rings. The monoisotopic (exact) mass is 206 g/mol. The van der Waals surface area contributed by atoms with Gasteiger partial charge in [0.2, 0.25) is 0 Å². The molecule has 0 aromatic heterocycles. The van der Waals surface area contributed by atoms with Crippen molar-refractivity contribution in [3.8, 4) is 0 Å². The Bertz CT molecular complexity index is 329. The maximum atomic E-state index is 8.67. The van der Waals surface area contributed by atoms with Crippen LogP contribution >= 0.6 is 0 Å². The van der Waals surface area contributed by atoms with Gasteiger partial charge in [0.15, 0.2) is 6.29 Å². The lowest BCUT2D eigenvalue weighted by atomic mass is 9.87. The summed E-state index contributed by atoms with van der Waals surface area (Å²) in [6, 6.07) is 8.06. The van der Waals surface area contributed by atoms with Crippen molar-refractivity contribution >= 4 is 6.08 Å². The molecule has 1 rings (SSSR count). The highest BCUT2D eigenvalue weighted by Crippen LogP contribution is 2.22. The quantitative estimate of drug-likeness (QED) is 0.729. The first-order chi connectivity index (χ1) is 6.89. The van der Waals surface area contributed by atoms with Crippen molar-refractivity contribution < 1.29 is 10.2 Å². The van der Waals surface area contributed by atoms with Crippen molar-refractivity contribution in [1.82, 2.24) is 0 Å². The van der Waals surface area contributed by atoms with Crippen molar-refractivity contribution in [1.29, 1.82) is 0 Å². The molecule has 0 radical (unpaired) electrons. The van der Waals surface area contributed by atoms with Crippen molar-refractivity contribution in [2.24, 2.45) is 0 Å². The summed E-state index contributed by atoms with van der Waals surface area (Å²) < 4.78 is 0. The predicted molar refractivity (Wildman–Crippen MR) is 62.4 cm³/mol. The molecule has 0 aliphatic heterocycles. The molecule has 2 N–H and O–H groups in total. The number of hydrogen-bond donors (Lipinski definition) is 2. The van der Waals surface area contributed by atoms with E-state index in [1.807, 2.05) is 12.1 Å². The van der Waals surface area contributed by atoms with E-state index in [-0.39, 0.29) is 5.41 Å². The van der Waals surface area contributed by atoms with E-state index in [1.165, 1.54) is 11.6 Å². The average Bonchev–Trinajstić information content (AvgIpc) is 2.14. The SMILES string of the molecule is CC(C)(C)c1ccc(/C=C/C(O)O)cc1. The lowest BCUT2D eigenvalue weighted by Crippen LogP contribution is -2.10. The topological polar surface area (TPSA) is 40.5 Å². The predicted octanol–water partition coefficient (Wildman–Crippen LogP) is 2.31. The Morgan fingerprint density at radius 1 is 1.07 bits per heavy atom. The zero-order valence-electron chi connectivity index (χ0n) is 9.44. The molecule has 2 heteroatoms. The molecule has 0 heterocycles. The van der Waals surface area contributed by atoms with Crippen LogP contribution in [0.25, 0.3) is 6.08 Å². The summed E-state index contributed by atoms with van der Waals surface area (Å²) >= 11 is 0. The molecule has 15 heavy (non-hydrogen) atoms. The first-order valence-corrected chi connectivity index (χ1v) is 5.04. The molecule has 0 atom stereocenters. The van der Waals surface area contributed by atoms with Gasteiger partial charge in [0.1, 0.15) is 0 Å². The summed E-state index contributed by atoms with van der Waals surface area (Å²) in [4.78, 5) is 0. The first kappa shape index (κ1) is 12.0. The van der Waals surface area contributed by atoms with Crippen LogP contribution in [0.2, 0.25) is 0 Å². The standard InChI is InChI=1S/C13H18O2/c1-13(2,3)11-7-4-10(5-8-11)6-9-12(14)15/h4-9,12,14-15H,1-3H3/b9-6+. The Hall–Kier alpha value is -1.12. The van der Waals surface area contributed by atoms with Crippen LogP contribution < -0.4 is 0 Å². The Balaban J connectivity index is 2.82. The maximum Gasteiger partial charge on any atom is 0.171 e. The highest BCUT2D eigenvalue weighted by atomic mass is 16.5. The summed E-state index contributed by atoms with van der Waals surface area (Å²) in [5.74, 6) is 0. The molecule has 0 saturated heterocycles. The van der Waals surface area contributed by atoms with Crippen LogP contribution in [0.5, 0.6) is 0 Å². The molecule has 0 unspecified atom stereocenters. The highest BCUT2D eigenvalue weighted by Gasteiger charge is 2.12. The van der Waals surface area contributed by atoms with Gasteiger partial charge in [0.05, 0.1) is 0 Å². The molecule has 0 aliphatic rings. The Morgan fingerprint density at radius 2 is 1.60 bits per heavy atom. The van der Waals surface area contributed by atoms with E-state index >= 15 is 0 Å². The molecular formula is C13H18O2. The normalized spacial score (nSPS) is 12.7. The van der Waals surface area contributed by atoms with Gasteiger partial charge in [-0.3, -0.25) is 0 Å². The van der Waals surface area contributed by atoms with E-state index in [0.717, 1.165) is 5.56 Å². The number of aliphatic hydroxyl groups excluding tert-OH is 1. The molecule has 1 aromatic rings. The van der Waals surface area contributed by atoms with Gasteiger partial charge in [0.25, 0.3) is 0 Å². The fourth-order valence-corrected chi connectivity index (χ4v) is 1.29. The molecule has 1 aromatic carbocycles. The van der Waals surface area contributed by atoms with Crippen LogP contribution in [0.4, 0.5) is 0 Å². The first-order valence-electron chi connectivity index (χ1n) is 5.04. The summed E-state index contributed by atoms with van der Waals surface area (Å²) in [6.07, 6.45) is 1.65. The van der Waals surface area contributed by atoms with Gasteiger partial charge in [0, 0.05) is 0 Å². The number of benzene rings is 1.